The minimum atomic E-state index is -3.68. The molecular weight excluding hydrogens is 361 g/mol. The van der Waals surface area contributed by atoms with E-state index in [1.54, 1.807) is 4.90 Å². The number of nitrogens with one attached hydrogen (secondary N) is 1. The van der Waals surface area contributed by atoms with E-state index in [0.717, 1.165) is 18.7 Å². The summed E-state index contributed by atoms with van der Waals surface area (Å²) in [5.41, 5.74) is 0. The van der Waals surface area contributed by atoms with Gasteiger partial charge in [-0.25, -0.2) is 12.8 Å². The van der Waals surface area contributed by atoms with Crippen LogP contribution in [0.1, 0.15) is 12.8 Å². The minimum absolute atomic E-state index is 0.00836. The summed E-state index contributed by atoms with van der Waals surface area (Å²) < 4.78 is 45.2. The van der Waals surface area contributed by atoms with Gasteiger partial charge in [-0.2, -0.15) is 4.31 Å². The van der Waals surface area contributed by atoms with Crippen molar-refractivity contribution >= 4 is 15.9 Å². The molecule has 0 spiro atoms. The largest absolute Gasteiger partial charge is 0.378 e. The number of nitrogens with zero attached hydrogens (tertiary/aromatic N) is 2. The lowest BCUT2D eigenvalue weighted by Crippen LogP contribution is -2.45. The number of hydrogen-bond acceptors (Lipinski definition) is 5. The monoisotopic (exact) mass is 385 g/mol. The average Bonchev–Trinajstić information content (AvgIpc) is 2.90. The first-order valence-corrected chi connectivity index (χ1v) is 10.3. The van der Waals surface area contributed by atoms with Crippen molar-refractivity contribution in [2.24, 2.45) is 0 Å². The number of carbonyl (C=O) groups is 1. The third kappa shape index (κ3) is 4.59. The second kappa shape index (κ2) is 8.43. The summed E-state index contributed by atoms with van der Waals surface area (Å²) in [6, 6.07) is 4.83. The molecule has 0 radical (unpaired) electrons. The Bertz CT molecular complexity index is 720. The number of benzene rings is 1. The van der Waals surface area contributed by atoms with Gasteiger partial charge in [0.2, 0.25) is 15.9 Å². The summed E-state index contributed by atoms with van der Waals surface area (Å²) in [5, 5.41) is 3.25. The number of amides is 1. The van der Waals surface area contributed by atoms with Crippen LogP contribution >= 0.6 is 0 Å². The lowest BCUT2D eigenvalue weighted by atomic mass is 10.1. The molecule has 2 aliphatic heterocycles. The number of hydrogen-bond donors (Lipinski definition) is 1. The zero-order chi connectivity index (χ0) is 18.6. The standard InChI is InChI=1S/C17H24FN3O4S/c18-14-2-4-16(5-3-14)26(23,24)21-8-1-7-20(9-10-21)17(22)12-15-13-25-11-6-19-15/h2-5,15,19H,1,6-13H2. The van der Waals surface area contributed by atoms with Crippen LogP contribution in [0, 0.1) is 5.82 Å². The number of rotatable bonds is 4. The zero-order valence-corrected chi connectivity index (χ0v) is 15.4. The molecule has 26 heavy (non-hydrogen) atoms. The Morgan fingerprint density at radius 1 is 1.19 bits per heavy atom. The highest BCUT2D eigenvalue weighted by molar-refractivity contribution is 7.89. The van der Waals surface area contributed by atoms with Gasteiger partial charge in [-0.1, -0.05) is 0 Å². The molecule has 2 fully saturated rings. The Balaban J connectivity index is 1.60. The molecule has 2 aliphatic rings. The van der Waals surface area contributed by atoms with E-state index in [1.165, 1.54) is 16.4 Å². The predicted molar refractivity (Wildman–Crippen MR) is 93.6 cm³/mol. The van der Waals surface area contributed by atoms with E-state index < -0.39 is 15.8 Å². The van der Waals surface area contributed by atoms with E-state index in [2.05, 4.69) is 5.32 Å². The van der Waals surface area contributed by atoms with E-state index >= 15 is 0 Å². The minimum Gasteiger partial charge on any atom is -0.378 e. The van der Waals surface area contributed by atoms with Crippen molar-refractivity contribution in [3.8, 4) is 0 Å². The van der Waals surface area contributed by atoms with Gasteiger partial charge in [0.25, 0.3) is 0 Å². The molecule has 0 aliphatic carbocycles. The maximum atomic E-state index is 13.0. The quantitative estimate of drug-likeness (QED) is 0.813. The van der Waals surface area contributed by atoms with Gasteiger partial charge in [-0.05, 0) is 30.7 Å². The van der Waals surface area contributed by atoms with Gasteiger partial charge in [0, 0.05) is 45.2 Å². The first-order valence-electron chi connectivity index (χ1n) is 8.81. The fourth-order valence-corrected chi connectivity index (χ4v) is 4.70. The van der Waals surface area contributed by atoms with Crippen LogP contribution in [0.4, 0.5) is 4.39 Å². The molecule has 1 N–H and O–H groups in total. The van der Waals surface area contributed by atoms with Crippen molar-refractivity contribution in [1.82, 2.24) is 14.5 Å². The fourth-order valence-electron chi connectivity index (χ4n) is 3.23. The van der Waals surface area contributed by atoms with Crippen LogP contribution in [0.5, 0.6) is 0 Å². The normalized spacial score (nSPS) is 22.8. The highest BCUT2D eigenvalue weighted by atomic mass is 32.2. The molecule has 2 heterocycles. The van der Waals surface area contributed by atoms with Crippen LogP contribution in [0.2, 0.25) is 0 Å². The fraction of sp³-hybridized carbons (Fsp3) is 0.588. The number of sulfonamides is 1. The third-order valence-corrected chi connectivity index (χ3v) is 6.59. The molecule has 0 saturated carbocycles. The summed E-state index contributed by atoms with van der Waals surface area (Å²) in [5.74, 6) is -0.467. The SMILES string of the molecule is O=C(CC1COCCN1)N1CCCN(S(=O)(=O)c2ccc(F)cc2)CC1. The molecule has 0 aromatic heterocycles. The van der Waals surface area contributed by atoms with Crippen LogP contribution in [0.25, 0.3) is 0 Å². The molecule has 0 bridgehead atoms. The predicted octanol–water partition coefficient (Wildman–Crippen LogP) is 0.427. The van der Waals surface area contributed by atoms with E-state index in [9.17, 15) is 17.6 Å². The maximum absolute atomic E-state index is 13.0. The maximum Gasteiger partial charge on any atom is 0.243 e. The second-order valence-electron chi connectivity index (χ2n) is 6.52. The molecule has 1 aromatic carbocycles. The van der Waals surface area contributed by atoms with Crippen molar-refractivity contribution in [2.75, 3.05) is 45.9 Å². The summed E-state index contributed by atoms with van der Waals surface area (Å²) in [6.45, 7) is 3.37. The van der Waals surface area contributed by atoms with Crippen LogP contribution in [-0.4, -0.2) is 75.5 Å². The number of morpholine rings is 1. The molecule has 9 heteroatoms. The van der Waals surface area contributed by atoms with E-state index in [4.69, 9.17) is 4.74 Å². The molecular formula is C17H24FN3O4S. The molecule has 2 saturated heterocycles. The van der Waals surface area contributed by atoms with Crippen LogP contribution in [0.15, 0.2) is 29.2 Å². The Hall–Kier alpha value is -1.55. The van der Waals surface area contributed by atoms with Crippen LogP contribution < -0.4 is 5.32 Å². The van der Waals surface area contributed by atoms with E-state index in [1.807, 2.05) is 0 Å². The highest BCUT2D eigenvalue weighted by Crippen LogP contribution is 2.18. The smallest absolute Gasteiger partial charge is 0.243 e. The lowest BCUT2D eigenvalue weighted by Gasteiger charge is -2.27. The summed E-state index contributed by atoms with van der Waals surface area (Å²) >= 11 is 0. The van der Waals surface area contributed by atoms with Gasteiger partial charge in [0.15, 0.2) is 0 Å². The van der Waals surface area contributed by atoms with Gasteiger partial charge >= 0.3 is 0 Å². The van der Waals surface area contributed by atoms with Gasteiger partial charge in [-0.15, -0.1) is 0 Å². The Labute approximate surface area is 153 Å². The Morgan fingerprint density at radius 2 is 1.96 bits per heavy atom. The van der Waals surface area contributed by atoms with E-state index in [-0.39, 0.29) is 23.4 Å². The molecule has 3 rings (SSSR count). The summed E-state index contributed by atoms with van der Waals surface area (Å²) in [7, 11) is -3.68. The van der Waals surface area contributed by atoms with Gasteiger partial charge in [0.05, 0.1) is 18.1 Å². The first kappa shape index (κ1) is 19.2. The third-order valence-electron chi connectivity index (χ3n) is 4.68. The van der Waals surface area contributed by atoms with Gasteiger partial charge in [-0.3, -0.25) is 4.79 Å². The van der Waals surface area contributed by atoms with Gasteiger partial charge in [0.1, 0.15) is 5.82 Å². The van der Waals surface area contributed by atoms with Crippen molar-refractivity contribution in [3.05, 3.63) is 30.1 Å². The molecule has 1 unspecified atom stereocenters. The van der Waals surface area contributed by atoms with E-state index in [0.29, 0.717) is 45.7 Å². The van der Waals surface area contributed by atoms with Crippen molar-refractivity contribution < 1.29 is 22.3 Å². The van der Waals surface area contributed by atoms with Gasteiger partial charge < -0.3 is 15.0 Å². The van der Waals surface area contributed by atoms with Crippen LogP contribution in [0.3, 0.4) is 0 Å². The molecule has 1 amide bonds. The molecule has 7 nitrogen and oxygen atoms in total. The zero-order valence-electron chi connectivity index (χ0n) is 14.6. The number of ether oxygens (including phenoxy) is 1. The molecule has 144 valence electrons. The Kier molecular flexibility index (Phi) is 6.23. The number of halogens is 1. The second-order valence-corrected chi connectivity index (χ2v) is 8.46. The van der Waals surface area contributed by atoms with Crippen molar-refractivity contribution in [3.63, 3.8) is 0 Å². The van der Waals surface area contributed by atoms with Crippen LogP contribution in [-0.2, 0) is 19.6 Å². The number of carbonyl (C=O) groups excluding carboxylic acids is 1. The lowest BCUT2D eigenvalue weighted by molar-refractivity contribution is -0.132. The molecule has 1 atom stereocenters. The summed E-state index contributed by atoms with van der Waals surface area (Å²) in [6.07, 6.45) is 0.922. The van der Waals surface area contributed by atoms with Crippen molar-refractivity contribution in [2.45, 2.75) is 23.8 Å². The first-order chi connectivity index (χ1) is 12.5. The van der Waals surface area contributed by atoms with Crippen molar-refractivity contribution in [1.29, 1.82) is 0 Å². The average molecular weight is 385 g/mol. The molecule has 1 aromatic rings. The topological polar surface area (TPSA) is 79.0 Å². The summed E-state index contributed by atoms with van der Waals surface area (Å²) in [4.78, 5) is 14.3. The Morgan fingerprint density at radius 3 is 2.65 bits per heavy atom. The highest BCUT2D eigenvalue weighted by Gasteiger charge is 2.29.